The summed E-state index contributed by atoms with van der Waals surface area (Å²) in [5, 5.41) is 3.12. The van der Waals surface area contributed by atoms with E-state index in [9.17, 15) is 9.59 Å². The molecule has 2 aliphatic rings. The van der Waals surface area contributed by atoms with Gasteiger partial charge in [-0.05, 0) is 60.1 Å². The summed E-state index contributed by atoms with van der Waals surface area (Å²) in [6.45, 7) is 1.64. The largest absolute Gasteiger partial charge is 0.493 e. The lowest BCUT2D eigenvalue weighted by atomic mass is 10.1. The molecule has 2 amide bonds. The molecule has 0 saturated carbocycles. The molecule has 3 aromatic rings. The quantitative estimate of drug-likeness (QED) is 0.452. The van der Waals surface area contributed by atoms with Crippen molar-refractivity contribution in [3.8, 4) is 34.5 Å². The maximum absolute atomic E-state index is 13.5. The minimum atomic E-state index is -0.404. The molecule has 1 saturated heterocycles. The molecule has 2 heterocycles. The highest BCUT2D eigenvalue weighted by Crippen LogP contribution is 2.38. The minimum Gasteiger partial charge on any atom is -0.493 e. The van der Waals surface area contributed by atoms with Crippen LogP contribution in [0.25, 0.3) is 0 Å². The fourth-order valence-corrected chi connectivity index (χ4v) is 5.60. The smallest absolute Gasteiger partial charge is 0.234 e. The van der Waals surface area contributed by atoms with Crippen molar-refractivity contribution in [3.05, 3.63) is 71.3 Å². The molecule has 4 bridgehead atoms. The standard InChI is InChI=1S/C33H39N3O8/c1-35-16-21-9-10-26(39-2)27(12-21)44-24-8-6-7-22(11-24)20-43-30-18-36(17-25(30)34-31(37)19-35)32(38)15-23-13-28(40-3)33(42-5)29(14-23)41-4/h6-14,25,30H,15-20H2,1-5H3,(H,34,37)/t25-,30-/m0/s1. The third-order valence-corrected chi connectivity index (χ3v) is 7.73. The Hall–Kier alpha value is -4.48. The van der Waals surface area contributed by atoms with E-state index >= 15 is 0 Å². The van der Waals surface area contributed by atoms with Gasteiger partial charge in [-0.3, -0.25) is 14.5 Å². The Labute approximate surface area is 257 Å². The molecular formula is C33H39N3O8. The lowest BCUT2D eigenvalue weighted by Gasteiger charge is -2.23. The van der Waals surface area contributed by atoms with Gasteiger partial charge < -0.3 is 38.6 Å². The van der Waals surface area contributed by atoms with Crippen LogP contribution in [0.1, 0.15) is 16.7 Å². The van der Waals surface area contributed by atoms with Crippen molar-refractivity contribution in [3.63, 3.8) is 0 Å². The summed E-state index contributed by atoms with van der Waals surface area (Å²) in [5.74, 6) is 3.02. The van der Waals surface area contributed by atoms with Gasteiger partial charge >= 0.3 is 0 Å². The fourth-order valence-electron chi connectivity index (χ4n) is 5.60. The van der Waals surface area contributed by atoms with E-state index in [0.717, 1.165) is 16.7 Å². The molecule has 0 aliphatic carbocycles. The first-order valence-corrected chi connectivity index (χ1v) is 14.4. The van der Waals surface area contributed by atoms with Crippen LogP contribution in [-0.4, -0.2) is 88.9 Å². The van der Waals surface area contributed by atoms with E-state index in [1.165, 1.54) is 21.3 Å². The van der Waals surface area contributed by atoms with E-state index in [2.05, 4.69) is 5.32 Å². The number of nitrogens with one attached hydrogen (secondary N) is 1. The van der Waals surface area contributed by atoms with E-state index in [0.29, 0.717) is 54.1 Å². The summed E-state index contributed by atoms with van der Waals surface area (Å²) < 4.78 is 34.4. The molecule has 0 spiro atoms. The second-order valence-electron chi connectivity index (χ2n) is 10.9. The predicted molar refractivity (Wildman–Crippen MR) is 163 cm³/mol. The number of fused-ring (bicyclic) bond motifs is 5. The van der Waals surface area contributed by atoms with Crippen molar-refractivity contribution < 1.29 is 38.0 Å². The summed E-state index contributed by atoms with van der Waals surface area (Å²) >= 11 is 0. The van der Waals surface area contributed by atoms with Gasteiger partial charge in [0.25, 0.3) is 0 Å². The Bertz CT molecular complexity index is 1470. The Balaban J connectivity index is 1.36. The molecule has 2 atom stereocenters. The van der Waals surface area contributed by atoms with Crippen LogP contribution in [0.15, 0.2) is 54.6 Å². The van der Waals surface area contributed by atoms with Gasteiger partial charge in [0.15, 0.2) is 23.0 Å². The van der Waals surface area contributed by atoms with Gasteiger partial charge in [-0.25, -0.2) is 0 Å². The number of ether oxygens (including phenoxy) is 6. The molecule has 1 N–H and O–H groups in total. The summed E-state index contributed by atoms with van der Waals surface area (Å²) in [5.41, 5.74) is 2.60. The molecule has 5 rings (SSSR count). The number of likely N-dealkylation sites (tertiary alicyclic amines) is 1. The highest BCUT2D eigenvalue weighted by atomic mass is 16.5. The maximum atomic E-state index is 13.5. The average molecular weight is 606 g/mol. The van der Waals surface area contributed by atoms with Gasteiger partial charge in [0.05, 0.1) is 60.2 Å². The van der Waals surface area contributed by atoms with Crippen LogP contribution in [-0.2, 0) is 33.9 Å². The molecule has 0 aromatic heterocycles. The summed E-state index contributed by atoms with van der Waals surface area (Å²) in [6.07, 6.45) is -0.285. The Morgan fingerprint density at radius 2 is 1.64 bits per heavy atom. The van der Waals surface area contributed by atoms with E-state index in [1.54, 1.807) is 24.1 Å². The van der Waals surface area contributed by atoms with E-state index < -0.39 is 6.10 Å². The zero-order chi connectivity index (χ0) is 31.2. The highest BCUT2D eigenvalue weighted by molar-refractivity contribution is 5.81. The monoisotopic (exact) mass is 605 g/mol. The third-order valence-electron chi connectivity index (χ3n) is 7.73. The van der Waals surface area contributed by atoms with Crippen molar-refractivity contribution in [1.82, 2.24) is 15.1 Å². The Morgan fingerprint density at radius 3 is 2.34 bits per heavy atom. The Kier molecular flexibility index (Phi) is 9.76. The van der Waals surface area contributed by atoms with Crippen molar-refractivity contribution >= 4 is 11.8 Å². The normalized spacial score (nSPS) is 18.9. The zero-order valence-electron chi connectivity index (χ0n) is 25.8. The number of benzene rings is 3. The number of likely N-dealkylation sites (N-methyl/N-ethyl adjacent to an activating group) is 1. The molecule has 44 heavy (non-hydrogen) atoms. The van der Waals surface area contributed by atoms with Crippen molar-refractivity contribution in [2.75, 3.05) is 55.1 Å². The van der Waals surface area contributed by atoms with Gasteiger partial charge in [0.1, 0.15) is 5.75 Å². The van der Waals surface area contributed by atoms with Gasteiger partial charge in [-0.2, -0.15) is 0 Å². The second kappa shape index (κ2) is 13.9. The maximum Gasteiger partial charge on any atom is 0.234 e. The van der Waals surface area contributed by atoms with Crippen molar-refractivity contribution in [2.24, 2.45) is 0 Å². The average Bonchev–Trinajstić information content (AvgIpc) is 3.41. The number of amides is 2. The van der Waals surface area contributed by atoms with Gasteiger partial charge in [-0.15, -0.1) is 0 Å². The number of hydrogen-bond acceptors (Lipinski definition) is 9. The number of nitrogens with zero attached hydrogens (tertiary/aromatic N) is 2. The summed E-state index contributed by atoms with van der Waals surface area (Å²) in [6, 6.07) is 16.6. The first-order valence-electron chi connectivity index (χ1n) is 14.4. The van der Waals surface area contributed by atoms with Crippen LogP contribution in [0, 0.1) is 0 Å². The second-order valence-corrected chi connectivity index (χ2v) is 10.9. The highest BCUT2D eigenvalue weighted by Gasteiger charge is 2.37. The lowest BCUT2D eigenvalue weighted by Crippen LogP contribution is -2.47. The topological polar surface area (TPSA) is 108 Å². The molecule has 0 unspecified atom stereocenters. The van der Waals surface area contributed by atoms with Crippen LogP contribution in [0.3, 0.4) is 0 Å². The first kappa shape index (κ1) is 31.0. The van der Waals surface area contributed by atoms with Crippen molar-refractivity contribution in [1.29, 1.82) is 0 Å². The van der Waals surface area contributed by atoms with Gasteiger partial charge in [-0.1, -0.05) is 18.2 Å². The number of hydrogen-bond donors (Lipinski definition) is 1. The van der Waals surface area contributed by atoms with Gasteiger partial charge in [0, 0.05) is 19.6 Å². The van der Waals surface area contributed by atoms with E-state index in [-0.39, 0.29) is 37.4 Å². The van der Waals surface area contributed by atoms with Crippen LogP contribution in [0.2, 0.25) is 0 Å². The molecule has 0 radical (unpaired) electrons. The van der Waals surface area contributed by atoms with Crippen molar-refractivity contribution in [2.45, 2.75) is 31.7 Å². The van der Waals surface area contributed by atoms with E-state index in [1.807, 2.05) is 54.4 Å². The van der Waals surface area contributed by atoms with Crippen LogP contribution in [0.5, 0.6) is 34.5 Å². The fraction of sp³-hybridized carbons (Fsp3) is 0.394. The molecule has 11 nitrogen and oxygen atoms in total. The molecule has 3 aromatic carbocycles. The molecule has 234 valence electrons. The number of rotatable bonds is 6. The van der Waals surface area contributed by atoms with Crippen LogP contribution in [0.4, 0.5) is 0 Å². The molecule has 11 heteroatoms. The van der Waals surface area contributed by atoms with Crippen LogP contribution < -0.4 is 29.0 Å². The lowest BCUT2D eigenvalue weighted by molar-refractivity contribution is -0.130. The molecule has 2 aliphatic heterocycles. The Morgan fingerprint density at radius 1 is 0.886 bits per heavy atom. The predicted octanol–water partition coefficient (Wildman–Crippen LogP) is 3.41. The molecular weight excluding hydrogens is 566 g/mol. The first-order chi connectivity index (χ1) is 21.3. The summed E-state index contributed by atoms with van der Waals surface area (Å²) in [4.78, 5) is 30.3. The van der Waals surface area contributed by atoms with Crippen LogP contribution >= 0.6 is 0 Å². The zero-order valence-corrected chi connectivity index (χ0v) is 25.8. The van der Waals surface area contributed by atoms with E-state index in [4.69, 9.17) is 28.4 Å². The third kappa shape index (κ3) is 7.17. The summed E-state index contributed by atoms with van der Waals surface area (Å²) in [7, 11) is 8.09. The number of carbonyl (C=O) groups excluding carboxylic acids is 2. The van der Waals surface area contributed by atoms with Gasteiger partial charge in [0.2, 0.25) is 17.6 Å². The molecule has 1 fully saturated rings. The SMILES string of the molecule is COc1ccc2cc1Oc1cccc(c1)CO[C@H]1CN(C(=O)Cc3cc(OC)c(OC)c(OC)c3)C[C@@H]1NC(=O)CN(C)C2. The number of methoxy groups -OCH3 is 4. The number of carbonyl (C=O) groups is 2. The minimum absolute atomic E-state index is 0.101.